The summed E-state index contributed by atoms with van der Waals surface area (Å²) in [6.07, 6.45) is 7.96. The SMILES string of the molecule is C=C/C=C\C=C(/C)n1c2ccccc2c2cc(-c3ccc(N(c4ccc(-c5ccccc5)cc4)c4ccc5c(c4)C(c4ccccc4)(c4ccccc4)c4ccccc4-5)cc3)ccc21. The first-order chi connectivity index (χ1) is 31.6. The number of hydrogen-bond acceptors (Lipinski definition) is 1. The highest BCUT2D eigenvalue weighted by atomic mass is 15.1. The molecule has 11 rings (SSSR count). The number of anilines is 3. The van der Waals surface area contributed by atoms with Crippen LogP contribution in [-0.2, 0) is 5.41 Å². The summed E-state index contributed by atoms with van der Waals surface area (Å²) in [5, 5.41) is 2.47. The topological polar surface area (TPSA) is 8.17 Å². The molecular formula is C62H46N2. The second kappa shape index (κ2) is 16.2. The third-order valence-electron chi connectivity index (χ3n) is 13.0. The van der Waals surface area contributed by atoms with Gasteiger partial charge in [-0.05, 0) is 123 Å². The average molecular weight is 819 g/mol. The third-order valence-corrected chi connectivity index (χ3v) is 13.0. The summed E-state index contributed by atoms with van der Waals surface area (Å²) in [6.45, 7) is 6.00. The Labute approximate surface area is 375 Å². The fourth-order valence-corrected chi connectivity index (χ4v) is 10.1. The second-order valence-corrected chi connectivity index (χ2v) is 16.6. The predicted molar refractivity (Wildman–Crippen MR) is 272 cm³/mol. The zero-order chi connectivity index (χ0) is 43.0. The zero-order valence-corrected chi connectivity index (χ0v) is 35.8. The predicted octanol–water partition coefficient (Wildman–Crippen LogP) is 16.6. The van der Waals surface area contributed by atoms with Crippen LogP contribution < -0.4 is 4.90 Å². The van der Waals surface area contributed by atoms with Gasteiger partial charge in [0.25, 0.3) is 0 Å². The van der Waals surface area contributed by atoms with Crippen LogP contribution in [0.4, 0.5) is 17.1 Å². The van der Waals surface area contributed by atoms with Crippen LogP contribution in [0, 0.1) is 0 Å². The molecule has 0 unspecified atom stereocenters. The first-order valence-corrected chi connectivity index (χ1v) is 22.0. The molecule has 0 aliphatic heterocycles. The van der Waals surface area contributed by atoms with E-state index in [1.54, 1.807) is 6.08 Å². The van der Waals surface area contributed by atoms with Crippen LogP contribution in [0.15, 0.2) is 255 Å². The molecule has 304 valence electrons. The van der Waals surface area contributed by atoms with Crippen LogP contribution in [0.2, 0.25) is 0 Å². The van der Waals surface area contributed by atoms with Gasteiger partial charge in [-0.3, -0.25) is 0 Å². The molecule has 0 amide bonds. The molecule has 1 aromatic heterocycles. The van der Waals surface area contributed by atoms with Crippen LogP contribution in [0.5, 0.6) is 0 Å². The van der Waals surface area contributed by atoms with Crippen molar-refractivity contribution in [3.8, 4) is 33.4 Å². The van der Waals surface area contributed by atoms with Crippen molar-refractivity contribution in [3.63, 3.8) is 0 Å². The Balaban J connectivity index is 1.06. The molecule has 0 fully saturated rings. The summed E-state index contributed by atoms with van der Waals surface area (Å²) in [4.78, 5) is 2.41. The van der Waals surface area contributed by atoms with Gasteiger partial charge in [0, 0.05) is 33.5 Å². The molecule has 0 saturated carbocycles. The lowest BCUT2D eigenvalue weighted by Gasteiger charge is -2.35. The Kier molecular flexibility index (Phi) is 9.83. The molecule has 1 aliphatic carbocycles. The summed E-state index contributed by atoms with van der Waals surface area (Å²) in [5.41, 5.74) is 18.7. The summed E-state index contributed by atoms with van der Waals surface area (Å²) in [5.74, 6) is 0. The van der Waals surface area contributed by atoms with Crippen molar-refractivity contribution < 1.29 is 0 Å². The number of benzene rings is 9. The molecule has 2 heteroatoms. The van der Waals surface area contributed by atoms with E-state index in [9.17, 15) is 0 Å². The molecule has 0 saturated heterocycles. The van der Waals surface area contributed by atoms with Crippen molar-refractivity contribution in [1.82, 2.24) is 4.57 Å². The van der Waals surface area contributed by atoms with E-state index in [-0.39, 0.29) is 0 Å². The molecule has 2 nitrogen and oxygen atoms in total. The van der Waals surface area contributed by atoms with Crippen LogP contribution in [0.1, 0.15) is 29.2 Å². The van der Waals surface area contributed by atoms with Gasteiger partial charge in [-0.2, -0.15) is 0 Å². The largest absolute Gasteiger partial charge is 0.313 e. The Morgan fingerprint density at radius 2 is 0.953 bits per heavy atom. The fourth-order valence-electron chi connectivity index (χ4n) is 10.1. The van der Waals surface area contributed by atoms with Gasteiger partial charge in [0.1, 0.15) is 0 Å². The van der Waals surface area contributed by atoms with Crippen molar-refractivity contribution >= 4 is 44.6 Å². The van der Waals surface area contributed by atoms with E-state index in [2.05, 4.69) is 254 Å². The van der Waals surface area contributed by atoms with E-state index in [1.165, 1.54) is 77.4 Å². The maximum Gasteiger partial charge on any atom is 0.0714 e. The van der Waals surface area contributed by atoms with Gasteiger partial charge >= 0.3 is 0 Å². The van der Waals surface area contributed by atoms with E-state index in [1.807, 2.05) is 12.2 Å². The van der Waals surface area contributed by atoms with Gasteiger partial charge in [0.05, 0.1) is 16.4 Å². The standard InChI is InChI=1S/C62H46N2/c1-3-4-8-19-44(2)63-60-29-18-16-27-56(60)57-42-48(34-41-61(57)63)47-32-37-52(38-33-47)64(51-35-30-46(31-36-51)45-20-9-5-10-21-45)53-39-40-55-54-26-15-17-28-58(54)62(59(55)43-53,49-22-11-6-12-23-49)50-24-13-7-14-25-50/h3-43H,1H2,2H3/b8-4-,44-19+. The number of hydrogen-bond donors (Lipinski definition) is 0. The highest BCUT2D eigenvalue weighted by Gasteiger charge is 2.46. The molecule has 0 radical (unpaired) electrons. The number of fused-ring (bicyclic) bond motifs is 6. The minimum absolute atomic E-state index is 0.504. The van der Waals surface area contributed by atoms with Crippen molar-refractivity contribution in [2.75, 3.05) is 4.90 Å². The molecule has 0 atom stereocenters. The fraction of sp³-hybridized carbons (Fsp3) is 0.0323. The summed E-state index contributed by atoms with van der Waals surface area (Å²) >= 11 is 0. The molecule has 9 aromatic carbocycles. The quantitative estimate of drug-likeness (QED) is 0.125. The van der Waals surface area contributed by atoms with Gasteiger partial charge in [-0.25, -0.2) is 0 Å². The highest BCUT2D eigenvalue weighted by molar-refractivity contribution is 6.11. The van der Waals surface area contributed by atoms with Crippen molar-refractivity contribution in [2.24, 2.45) is 0 Å². The third kappa shape index (κ3) is 6.42. The van der Waals surface area contributed by atoms with E-state index < -0.39 is 5.41 Å². The molecule has 64 heavy (non-hydrogen) atoms. The molecule has 1 aliphatic rings. The zero-order valence-electron chi connectivity index (χ0n) is 35.8. The summed E-state index contributed by atoms with van der Waals surface area (Å²) in [6, 6.07) is 82.4. The van der Waals surface area contributed by atoms with E-state index in [0.717, 1.165) is 22.8 Å². The molecule has 10 aromatic rings. The van der Waals surface area contributed by atoms with E-state index >= 15 is 0 Å². The van der Waals surface area contributed by atoms with Gasteiger partial charge in [-0.1, -0.05) is 195 Å². The number of nitrogens with zero attached hydrogens (tertiary/aromatic N) is 2. The Bertz CT molecular complexity index is 3330. The molecule has 1 heterocycles. The molecule has 0 bridgehead atoms. The molecule has 0 spiro atoms. The van der Waals surface area contributed by atoms with Crippen molar-refractivity contribution in [1.29, 1.82) is 0 Å². The van der Waals surface area contributed by atoms with Gasteiger partial charge in [0.2, 0.25) is 0 Å². The molecule has 0 N–H and O–H groups in total. The van der Waals surface area contributed by atoms with Crippen LogP contribution in [0.3, 0.4) is 0 Å². The number of aromatic nitrogens is 1. The van der Waals surface area contributed by atoms with Gasteiger partial charge in [0.15, 0.2) is 0 Å². The first-order valence-electron chi connectivity index (χ1n) is 22.0. The van der Waals surface area contributed by atoms with Gasteiger partial charge < -0.3 is 9.47 Å². The first kappa shape index (κ1) is 38.7. The Hall–Kier alpha value is -8.20. The highest BCUT2D eigenvalue weighted by Crippen LogP contribution is 2.57. The monoisotopic (exact) mass is 818 g/mol. The smallest absolute Gasteiger partial charge is 0.0714 e. The average Bonchev–Trinajstić information content (AvgIpc) is 3.86. The van der Waals surface area contributed by atoms with Crippen LogP contribution in [0.25, 0.3) is 60.9 Å². The second-order valence-electron chi connectivity index (χ2n) is 16.6. The minimum Gasteiger partial charge on any atom is -0.313 e. The Morgan fingerprint density at radius 3 is 1.62 bits per heavy atom. The summed E-state index contributed by atoms with van der Waals surface area (Å²) in [7, 11) is 0. The van der Waals surface area contributed by atoms with E-state index in [0.29, 0.717) is 0 Å². The van der Waals surface area contributed by atoms with Crippen molar-refractivity contribution in [3.05, 3.63) is 278 Å². The lowest BCUT2D eigenvalue weighted by molar-refractivity contribution is 0.768. The Morgan fingerprint density at radius 1 is 0.438 bits per heavy atom. The lowest BCUT2D eigenvalue weighted by atomic mass is 9.67. The maximum absolute atomic E-state index is 3.84. The number of allylic oxidation sites excluding steroid dienone is 5. The molecular weight excluding hydrogens is 773 g/mol. The van der Waals surface area contributed by atoms with Crippen LogP contribution in [-0.4, -0.2) is 4.57 Å². The van der Waals surface area contributed by atoms with Gasteiger partial charge in [-0.15, -0.1) is 0 Å². The van der Waals surface area contributed by atoms with Crippen molar-refractivity contribution in [2.45, 2.75) is 12.3 Å². The lowest BCUT2D eigenvalue weighted by Crippen LogP contribution is -2.28. The maximum atomic E-state index is 3.84. The van der Waals surface area contributed by atoms with E-state index in [4.69, 9.17) is 0 Å². The number of para-hydroxylation sites is 1. The van der Waals surface area contributed by atoms with Crippen LogP contribution >= 0.6 is 0 Å². The number of rotatable bonds is 10. The summed E-state index contributed by atoms with van der Waals surface area (Å²) < 4.78 is 2.35. The normalized spacial score (nSPS) is 13.0. The minimum atomic E-state index is -0.504.